The van der Waals surface area contributed by atoms with Gasteiger partial charge in [-0.2, -0.15) is 0 Å². The molecule has 71 heavy (non-hydrogen) atoms. The Kier molecular flexibility index (Phi) is 25.5. The number of rotatable bonds is 16. The van der Waals surface area contributed by atoms with E-state index in [1.54, 1.807) is 101 Å². The van der Waals surface area contributed by atoms with E-state index >= 15 is 0 Å². The predicted octanol–water partition coefficient (Wildman–Crippen LogP) is 1.18. The summed E-state index contributed by atoms with van der Waals surface area (Å²) < 4.78 is 42.7. The van der Waals surface area contributed by atoms with Crippen molar-refractivity contribution in [1.29, 1.82) is 0 Å². The summed E-state index contributed by atoms with van der Waals surface area (Å²) in [6.45, 7) is 0. The first-order valence-electron chi connectivity index (χ1n) is 20.5. The van der Waals surface area contributed by atoms with Crippen LogP contribution in [0, 0.1) is 0 Å². The smallest absolute Gasteiger partial charge is 0.493 e. The molecule has 0 aromatic heterocycles. The molecule has 0 aliphatic carbocycles. The topological polar surface area (TPSA) is 203 Å². The zero-order valence-corrected chi connectivity index (χ0v) is 46.9. The maximum absolute atomic E-state index is 12.5. The third kappa shape index (κ3) is 16.4. The van der Waals surface area contributed by atoms with E-state index < -0.39 is 36.5 Å². The first-order chi connectivity index (χ1) is 33.3. The summed E-state index contributed by atoms with van der Waals surface area (Å²) in [6.07, 6.45) is -0.936. The van der Waals surface area contributed by atoms with Gasteiger partial charge >= 0.3 is 29.6 Å². The van der Waals surface area contributed by atoms with Crippen LogP contribution in [0.2, 0.25) is 0 Å². The first kappa shape index (κ1) is 60.8. The summed E-state index contributed by atoms with van der Waals surface area (Å²) in [5.74, 6) is 1.42. The molecule has 0 atom stereocenters. The molecule has 0 bridgehead atoms. The summed E-state index contributed by atoms with van der Waals surface area (Å²) >= 11 is 21.9. The monoisotopic (exact) mass is 1060 g/mol. The van der Waals surface area contributed by atoms with Crippen molar-refractivity contribution in [3.05, 3.63) is 95.1 Å². The van der Waals surface area contributed by atoms with Crippen molar-refractivity contribution in [2.45, 2.75) is 12.8 Å². The van der Waals surface area contributed by atoms with Crippen LogP contribution in [-0.4, -0.2) is 149 Å². The molecule has 0 saturated carbocycles. The van der Waals surface area contributed by atoms with Crippen molar-refractivity contribution >= 4 is 92.5 Å². The fourth-order valence-corrected chi connectivity index (χ4v) is 7.17. The molecule has 0 unspecified atom stereocenters. The number of hydrogen-bond acceptors (Lipinski definition) is 16. The minimum absolute atomic E-state index is 0. The summed E-state index contributed by atoms with van der Waals surface area (Å²) in [5, 5.41) is 5.32. The third-order valence-electron chi connectivity index (χ3n) is 9.56. The van der Waals surface area contributed by atoms with Gasteiger partial charge < -0.3 is 37.9 Å². The maximum atomic E-state index is 12.5. The summed E-state index contributed by atoms with van der Waals surface area (Å²) in [6, 6.07) is 20.9. The third-order valence-corrected chi connectivity index (χ3v) is 11.5. The Balaban J connectivity index is 0.000000480. The van der Waals surface area contributed by atoms with E-state index in [0.29, 0.717) is 68.2 Å². The SMILES string of the molecule is COc1cccc(C(=S)N(C)NC(=O)CC(=O)NN(C)C(=S)c2cccc(OC)c2OC)c1OC.COc1cccc(C(=S)N(C)NC(=O)CC(=O)NN(C)C(=S)c2cccc(OC)c2OC)c1OC.[Na+]. The van der Waals surface area contributed by atoms with Gasteiger partial charge in [0.05, 0.1) is 79.1 Å². The Bertz CT molecular complexity index is 2230. The largest absolute Gasteiger partial charge is 1.00 e. The fourth-order valence-electron chi connectivity index (χ4n) is 6.35. The van der Waals surface area contributed by atoms with Crippen molar-refractivity contribution in [3.63, 3.8) is 0 Å². The van der Waals surface area contributed by atoms with Crippen LogP contribution in [0.25, 0.3) is 0 Å². The van der Waals surface area contributed by atoms with Crippen molar-refractivity contribution < 1.29 is 86.6 Å². The van der Waals surface area contributed by atoms with E-state index in [4.69, 9.17) is 86.8 Å². The molecule has 0 saturated heterocycles. The summed E-state index contributed by atoms with van der Waals surface area (Å²) in [5.41, 5.74) is 12.5. The van der Waals surface area contributed by atoms with Gasteiger partial charge in [-0.15, -0.1) is 0 Å². The zero-order chi connectivity index (χ0) is 52.2. The number of thiocarbonyl (C=S) groups is 4. The molecule has 20 nitrogen and oxygen atoms in total. The number of carbonyl (C=O) groups excluding carboxylic acids is 4. The minimum atomic E-state index is -0.576. The molecule has 4 aromatic rings. The van der Waals surface area contributed by atoms with Crippen LogP contribution in [0.15, 0.2) is 72.8 Å². The van der Waals surface area contributed by atoms with Crippen LogP contribution in [0.4, 0.5) is 0 Å². The van der Waals surface area contributed by atoms with Gasteiger partial charge in [0.2, 0.25) is 23.6 Å². The number of hydrogen-bond donors (Lipinski definition) is 4. The van der Waals surface area contributed by atoms with Crippen molar-refractivity contribution in [3.8, 4) is 46.0 Å². The Labute approximate surface area is 456 Å². The van der Waals surface area contributed by atoms with Gasteiger partial charge in [-0.05, 0) is 48.5 Å². The standard InChI is InChI=1S/2C23H28N4O6S2.Na/c2*1-26(22(34)14-9-7-11-16(30-3)20(14)32-5)24-18(28)13-19(29)25-27(2)23(35)15-10-8-12-17(31-4)21(15)33-6;/h2*7-12H,13H2,1-6H3,(H,24,28)(H,25,29);/q;;+1. The molecule has 0 fully saturated rings. The summed E-state index contributed by atoms with van der Waals surface area (Å²) in [7, 11) is 18.3. The summed E-state index contributed by atoms with van der Waals surface area (Å²) in [4.78, 5) is 51.0. The van der Waals surface area contributed by atoms with E-state index in [1.807, 2.05) is 0 Å². The molecular weight excluding hydrogens is 1010 g/mol. The van der Waals surface area contributed by atoms with E-state index in [1.165, 1.54) is 76.9 Å². The Morgan fingerprint density at radius 3 is 0.704 bits per heavy atom. The van der Waals surface area contributed by atoms with Crippen LogP contribution >= 0.6 is 48.9 Å². The van der Waals surface area contributed by atoms with E-state index in [-0.39, 0.29) is 49.5 Å². The van der Waals surface area contributed by atoms with Crippen LogP contribution in [0.1, 0.15) is 35.1 Å². The quantitative estimate of drug-likeness (QED) is 0.0539. The Morgan fingerprint density at radius 1 is 0.366 bits per heavy atom. The maximum Gasteiger partial charge on any atom is 1.00 e. The van der Waals surface area contributed by atoms with E-state index in [9.17, 15) is 19.2 Å². The van der Waals surface area contributed by atoms with Crippen molar-refractivity contribution in [2.75, 3.05) is 85.1 Å². The molecule has 4 rings (SSSR count). The van der Waals surface area contributed by atoms with Gasteiger partial charge in [-0.25, -0.2) is 0 Å². The molecule has 376 valence electrons. The molecule has 0 aliphatic heterocycles. The van der Waals surface area contributed by atoms with Gasteiger partial charge in [-0.1, -0.05) is 73.1 Å². The van der Waals surface area contributed by atoms with Crippen LogP contribution < -0.4 is 89.2 Å². The molecule has 0 aliphatic rings. The molecule has 25 heteroatoms. The molecule has 4 aromatic carbocycles. The van der Waals surface area contributed by atoms with E-state index in [2.05, 4.69) is 21.7 Å². The number of methoxy groups -OCH3 is 8. The normalized spacial score (nSPS) is 9.86. The molecule has 0 radical (unpaired) electrons. The van der Waals surface area contributed by atoms with Crippen molar-refractivity contribution in [2.24, 2.45) is 0 Å². The first-order valence-corrected chi connectivity index (χ1v) is 22.1. The van der Waals surface area contributed by atoms with Crippen LogP contribution in [0.5, 0.6) is 46.0 Å². The number of nitrogens with one attached hydrogen (secondary N) is 4. The predicted molar refractivity (Wildman–Crippen MR) is 278 cm³/mol. The second kappa shape index (κ2) is 29.8. The molecule has 4 amide bonds. The average molecular weight is 1060 g/mol. The second-order valence-electron chi connectivity index (χ2n) is 14.1. The Morgan fingerprint density at radius 2 is 0.549 bits per heavy atom. The average Bonchev–Trinajstić information content (AvgIpc) is 3.36. The number of amides is 4. The fraction of sp³-hybridized carbons (Fsp3) is 0.304. The van der Waals surface area contributed by atoms with E-state index in [0.717, 1.165) is 0 Å². The molecular formula is C46H56N8NaO12S4+. The zero-order valence-electron chi connectivity index (χ0n) is 41.7. The van der Waals surface area contributed by atoms with Gasteiger partial charge in [0.1, 0.15) is 32.8 Å². The number of carbonyl (C=O) groups is 4. The number of ether oxygens (including phenoxy) is 8. The molecule has 4 N–H and O–H groups in total. The number of nitrogens with zero attached hydrogens (tertiary/aromatic N) is 4. The number of benzene rings is 4. The van der Waals surface area contributed by atoms with Gasteiger partial charge in [0.15, 0.2) is 46.0 Å². The minimum Gasteiger partial charge on any atom is -0.493 e. The second-order valence-corrected chi connectivity index (χ2v) is 15.7. The molecule has 0 heterocycles. The van der Waals surface area contributed by atoms with Gasteiger partial charge in [0.25, 0.3) is 0 Å². The van der Waals surface area contributed by atoms with Gasteiger partial charge in [0, 0.05) is 28.2 Å². The Hall–Kier alpha value is -6.28. The van der Waals surface area contributed by atoms with Gasteiger partial charge in [-0.3, -0.25) is 60.9 Å². The number of para-hydroxylation sites is 4. The molecule has 0 spiro atoms. The van der Waals surface area contributed by atoms with Crippen LogP contribution in [-0.2, 0) is 19.2 Å². The number of hydrazine groups is 4. The van der Waals surface area contributed by atoms with Crippen molar-refractivity contribution in [1.82, 2.24) is 41.7 Å². The van der Waals surface area contributed by atoms with Crippen LogP contribution in [0.3, 0.4) is 0 Å².